The van der Waals surface area contributed by atoms with Crippen LogP contribution in [0.25, 0.3) is 15.2 Å². The number of fused-ring (bicyclic) bond motifs is 3. The summed E-state index contributed by atoms with van der Waals surface area (Å²) < 4.78 is 3.15. The van der Waals surface area contributed by atoms with E-state index in [1.807, 2.05) is 24.4 Å². The molecule has 1 aromatic carbocycles. The summed E-state index contributed by atoms with van der Waals surface area (Å²) in [5.74, 6) is 0.00704. The molecule has 0 spiro atoms. The van der Waals surface area contributed by atoms with Crippen molar-refractivity contribution >= 4 is 32.4 Å². The van der Waals surface area contributed by atoms with Crippen LogP contribution in [0, 0.1) is 0 Å². The van der Waals surface area contributed by atoms with Gasteiger partial charge in [0.2, 0.25) is 0 Å². The molecular weight excluding hydrogens is 320 g/mol. The van der Waals surface area contributed by atoms with Gasteiger partial charge < -0.3 is 5.32 Å². The van der Waals surface area contributed by atoms with Gasteiger partial charge in [-0.1, -0.05) is 17.8 Å². The van der Waals surface area contributed by atoms with Crippen LogP contribution in [-0.4, -0.2) is 45.9 Å². The molecule has 1 unspecified atom stereocenters. The fraction of sp³-hybridized carbons (Fsp3) is 0.444. The van der Waals surface area contributed by atoms with Crippen LogP contribution in [0.5, 0.6) is 0 Å². The summed E-state index contributed by atoms with van der Waals surface area (Å²) in [4.78, 5) is 20.2. The van der Waals surface area contributed by atoms with Crippen molar-refractivity contribution in [3.05, 3.63) is 36.2 Å². The third-order valence-corrected chi connectivity index (χ3v) is 5.95. The zero-order chi connectivity index (χ0) is 16.5. The van der Waals surface area contributed by atoms with Crippen molar-refractivity contribution in [2.45, 2.75) is 32.2 Å². The molecule has 3 aromatic rings. The number of rotatable bonds is 4. The van der Waals surface area contributed by atoms with Gasteiger partial charge in [-0.25, -0.2) is 4.98 Å². The Morgan fingerprint density at radius 2 is 2.33 bits per heavy atom. The van der Waals surface area contributed by atoms with E-state index in [9.17, 15) is 4.79 Å². The summed E-state index contributed by atoms with van der Waals surface area (Å²) in [6.07, 6.45) is 7.62. The van der Waals surface area contributed by atoms with Crippen molar-refractivity contribution in [2.75, 3.05) is 19.6 Å². The van der Waals surface area contributed by atoms with Gasteiger partial charge in [0, 0.05) is 37.1 Å². The number of nitrogens with one attached hydrogen (secondary N) is 1. The normalized spacial score (nSPS) is 19.1. The molecular formula is C18H22N4OS. The summed E-state index contributed by atoms with van der Waals surface area (Å²) in [6.45, 7) is 5.07. The van der Waals surface area contributed by atoms with E-state index in [1.54, 1.807) is 17.5 Å². The van der Waals surface area contributed by atoms with Crippen molar-refractivity contribution in [1.29, 1.82) is 0 Å². The lowest BCUT2D eigenvalue weighted by atomic mass is 10.0. The molecule has 24 heavy (non-hydrogen) atoms. The highest BCUT2D eigenvalue weighted by molar-refractivity contribution is 7.23. The topological polar surface area (TPSA) is 49.6 Å². The molecule has 0 bridgehead atoms. The Balaban J connectivity index is 1.41. The average molecular weight is 342 g/mol. The van der Waals surface area contributed by atoms with Gasteiger partial charge >= 0.3 is 0 Å². The number of piperidine rings is 1. The van der Waals surface area contributed by atoms with Gasteiger partial charge in [-0.15, -0.1) is 0 Å². The van der Waals surface area contributed by atoms with Crippen LogP contribution in [0.4, 0.5) is 0 Å². The zero-order valence-electron chi connectivity index (χ0n) is 13.9. The molecule has 0 radical (unpaired) electrons. The maximum Gasteiger partial charge on any atom is 0.251 e. The maximum atomic E-state index is 12.4. The first-order chi connectivity index (χ1) is 11.7. The van der Waals surface area contributed by atoms with Crippen LogP contribution in [0.1, 0.15) is 36.5 Å². The molecule has 1 N–H and O–H groups in total. The fourth-order valence-electron chi connectivity index (χ4n) is 3.49. The molecule has 1 saturated heterocycles. The number of aromatic nitrogens is 2. The number of benzene rings is 1. The molecule has 1 fully saturated rings. The number of carbonyl (C=O) groups is 1. The van der Waals surface area contributed by atoms with E-state index in [-0.39, 0.29) is 5.91 Å². The van der Waals surface area contributed by atoms with Crippen molar-refractivity contribution in [3.8, 4) is 0 Å². The second kappa shape index (κ2) is 6.53. The Morgan fingerprint density at radius 3 is 3.21 bits per heavy atom. The molecule has 6 heteroatoms. The molecule has 5 nitrogen and oxygen atoms in total. The summed E-state index contributed by atoms with van der Waals surface area (Å²) in [7, 11) is 0. The highest BCUT2D eigenvalue weighted by Gasteiger charge is 2.18. The predicted molar refractivity (Wildman–Crippen MR) is 97.8 cm³/mol. The van der Waals surface area contributed by atoms with Crippen LogP contribution >= 0.6 is 11.3 Å². The van der Waals surface area contributed by atoms with Gasteiger partial charge in [-0.3, -0.25) is 14.1 Å². The number of nitrogens with zero attached hydrogens (tertiary/aromatic N) is 3. The number of imidazole rings is 1. The lowest BCUT2D eigenvalue weighted by Crippen LogP contribution is -2.42. The first kappa shape index (κ1) is 15.6. The minimum Gasteiger partial charge on any atom is -0.351 e. The maximum absolute atomic E-state index is 12.4. The van der Waals surface area contributed by atoms with E-state index in [2.05, 4.69) is 26.5 Å². The Bertz CT molecular complexity index is 868. The van der Waals surface area contributed by atoms with E-state index < -0.39 is 0 Å². The smallest absolute Gasteiger partial charge is 0.251 e. The van der Waals surface area contributed by atoms with Gasteiger partial charge in [0.05, 0.1) is 10.2 Å². The van der Waals surface area contributed by atoms with Crippen LogP contribution in [0.3, 0.4) is 0 Å². The van der Waals surface area contributed by atoms with Gasteiger partial charge in [0.25, 0.3) is 5.91 Å². The monoisotopic (exact) mass is 342 g/mol. The lowest BCUT2D eigenvalue weighted by molar-refractivity contribution is 0.0938. The summed E-state index contributed by atoms with van der Waals surface area (Å²) in [6, 6.07) is 6.50. The number of carbonyl (C=O) groups excluding carboxylic acids is 1. The predicted octanol–water partition coefficient (Wildman–Crippen LogP) is 3.15. The quantitative estimate of drug-likeness (QED) is 0.792. The van der Waals surface area contributed by atoms with Crippen LogP contribution in [-0.2, 0) is 0 Å². The van der Waals surface area contributed by atoms with Crippen molar-refractivity contribution in [3.63, 3.8) is 0 Å². The summed E-state index contributed by atoms with van der Waals surface area (Å²) in [5, 5.41) is 3.06. The third-order valence-electron chi connectivity index (χ3n) is 4.91. The molecule has 1 aliphatic rings. The van der Waals surface area contributed by atoms with Crippen molar-refractivity contribution < 1.29 is 4.79 Å². The van der Waals surface area contributed by atoms with Gasteiger partial charge in [-0.05, 0) is 44.5 Å². The molecule has 1 atom stereocenters. The Morgan fingerprint density at radius 1 is 1.42 bits per heavy atom. The summed E-state index contributed by atoms with van der Waals surface area (Å²) in [5.41, 5.74) is 1.82. The first-order valence-corrected chi connectivity index (χ1v) is 9.42. The van der Waals surface area contributed by atoms with Crippen LogP contribution < -0.4 is 5.32 Å². The van der Waals surface area contributed by atoms with Crippen molar-refractivity contribution in [1.82, 2.24) is 19.6 Å². The Labute approximate surface area is 145 Å². The molecule has 4 rings (SSSR count). The minimum absolute atomic E-state index is 0.00704. The van der Waals surface area contributed by atoms with E-state index in [0.717, 1.165) is 33.8 Å². The van der Waals surface area contributed by atoms with E-state index in [1.165, 1.54) is 19.3 Å². The highest BCUT2D eigenvalue weighted by Crippen LogP contribution is 2.26. The second-order valence-corrected chi connectivity index (χ2v) is 7.51. The largest absolute Gasteiger partial charge is 0.351 e. The Kier molecular flexibility index (Phi) is 4.24. The third kappa shape index (κ3) is 2.91. The molecule has 126 valence electrons. The highest BCUT2D eigenvalue weighted by atomic mass is 32.1. The molecule has 1 aliphatic heterocycles. The Hall–Kier alpha value is -1.92. The van der Waals surface area contributed by atoms with Crippen LogP contribution in [0.2, 0.25) is 0 Å². The molecule has 0 aliphatic carbocycles. The van der Waals surface area contributed by atoms with Gasteiger partial charge in [0.15, 0.2) is 4.96 Å². The van der Waals surface area contributed by atoms with Crippen LogP contribution in [0.15, 0.2) is 30.6 Å². The number of hydrogen-bond donors (Lipinski definition) is 1. The zero-order valence-corrected chi connectivity index (χ0v) is 14.7. The summed E-state index contributed by atoms with van der Waals surface area (Å²) >= 11 is 1.61. The molecule has 1 amide bonds. The SMILES string of the molecule is CC1CCCCN1CCNC(=O)c1ccc2c(c1)sc1nccn12. The van der Waals surface area contributed by atoms with E-state index >= 15 is 0 Å². The minimum atomic E-state index is 0.00704. The second-order valence-electron chi connectivity index (χ2n) is 6.50. The number of likely N-dealkylation sites (tertiary alicyclic amines) is 1. The molecule has 3 heterocycles. The first-order valence-electron chi connectivity index (χ1n) is 8.60. The van der Waals surface area contributed by atoms with Gasteiger partial charge in [0.1, 0.15) is 0 Å². The van der Waals surface area contributed by atoms with E-state index in [4.69, 9.17) is 0 Å². The molecule has 2 aromatic heterocycles. The molecule has 0 saturated carbocycles. The standard InChI is InChI=1S/C18H22N4OS/c1-13-4-2-3-9-21(13)10-7-19-17(23)14-5-6-15-16(12-14)24-18-20-8-11-22(15)18/h5-6,8,11-13H,2-4,7,9-10H2,1H3,(H,19,23). The lowest BCUT2D eigenvalue weighted by Gasteiger charge is -2.33. The average Bonchev–Trinajstić information content (AvgIpc) is 3.16. The number of thiazole rings is 1. The van der Waals surface area contributed by atoms with Gasteiger partial charge in [-0.2, -0.15) is 0 Å². The number of hydrogen-bond acceptors (Lipinski definition) is 4. The van der Waals surface area contributed by atoms with E-state index in [0.29, 0.717) is 12.6 Å². The fourth-order valence-corrected chi connectivity index (χ4v) is 4.51. The number of amides is 1. The van der Waals surface area contributed by atoms with Crippen molar-refractivity contribution in [2.24, 2.45) is 0 Å².